The van der Waals surface area contributed by atoms with Gasteiger partial charge in [0, 0.05) is 0 Å². The average molecular weight is 249 g/mol. The lowest BCUT2D eigenvalue weighted by molar-refractivity contribution is 0.214. The van der Waals surface area contributed by atoms with Crippen LogP contribution in [0.1, 0.15) is 38.2 Å². The van der Waals surface area contributed by atoms with Gasteiger partial charge in [-0.25, -0.2) is 0 Å². The fraction of sp³-hybridized carbons (Fsp3) is 0.571. The van der Waals surface area contributed by atoms with Gasteiger partial charge in [0.15, 0.2) is 4.93 Å². The Hall–Kier alpha value is -0.670. The normalized spacial score (nSPS) is 23.2. The van der Waals surface area contributed by atoms with E-state index in [2.05, 4.69) is 37.4 Å². The van der Waals surface area contributed by atoms with E-state index in [1.807, 2.05) is 11.8 Å². The highest BCUT2D eigenvalue weighted by molar-refractivity contribution is 8.00. The summed E-state index contributed by atoms with van der Waals surface area (Å²) in [6, 6.07) is 6.77. The maximum absolute atomic E-state index is 5.97. The molecule has 2 heterocycles. The summed E-state index contributed by atoms with van der Waals surface area (Å²) in [6.07, 6.45) is 2.49. The summed E-state index contributed by atoms with van der Waals surface area (Å²) < 4.78 is 5.97. The van der Waals surface area contributed by atoms with Crippen molar-refractivity contribution in [2.45, 2.75) is 42.4 Å². The molecular weight excluding hydrogens is 230 g/mol. The van der Waals surface area contributed by atoms with Crippen molar-refractivity contribution in [3.8, 4) is 5.75 Å². The van der Waals surface area contributed by atoms with Crippen LogP contribution < -0.4 is 10.1 Å². The molecule has 0 amide bonds. The zero-order valence-electron chi connectivity index (χ0n) is 10.5. The first-order chi connectivity index (χ1) is 8.14. The number of nitrogens with one attached hydrogen (secondary N) is 1. The molecule has 0 bridgehead atoms. The van der Waals surface area contributed by atoms with E-state index in [4.69, 9.17) is 4.74 Å². The van der Waals surface area contributed by atoms with Crippen LogP contribution in [-0.4, -0.2) is 18.0 Å². The van der Waals surface area contributed by atoms with Gasteiger partial charge in [-0.2, -0.15) is 0 Å². The Morgan fingerprint density at radius 3 is 2.82 bits per heavy atom. The first-order valence-electron chi connectivity index (χ1n) is 6.37. The van der Waals surface area contributed by atoms with E-state index < -0.39 is 0 Å². The maximum Gasteiger partial charge on any atom is 0.153 e. The van der Waals surface area contributed by atoms with Crippen molar-refractivity contribution in [3.63, 3.8) is 0 Å². The molecule has 92 valence electrons. The van der Waals surface area contributed by atoms with Gasteiger partial charge in [0.1, 0.15) is 5.75 Å². The van der Waals surface area contributed by atoms with E-state index in [0.717, 1.165) is 18.8 Å². The molecule has 1 aromatic carbocycles. The van der Waals surface area contributed by atoms with Crippen molar-refractivity contribution in [1.29, 1.82) is 0 Å². The summed E-state index contributed by atoms with van der Waals surface area (Å²) in [5.74, 6) is 1.79. The predicted octanol–water partition coefficient (Wildman–Crippen LogP) is 3.37. The highest BCUT2D eigenvalue weighted by atomic mass is 32.2. The van der Waals surface area contributed by atoms with Crippen LogP contribution in [0.3, 0.4) is 0 Å². The Kier molecular flexibility index (Phi) is 2.83. The molecule has 3 rings (SSSR count). The van der Waals surface area contributed by atoms with Crippen molar-refractivity contribution in [2.75, 3.05) is 13.1 Å². The highest BCUT2D eigenvalue weighted by Crippen LogP contribution is 2.48. The summed E-state index contributed by atoms with van der Waals surface area (Å²) in [4.78, 5) is 1.18. The third-order valence-corrected chi connectivity index (χ3v) is 4.62. The van der Waals surface area contributed by atoms with Crippen LogP contribution >= 0.6 is 11.8 Å². The Morgan fingerprint density at radius 1 is 1.29 bits per heavy atom. The summed E-state index contributed by atoms with van der Waals surface area (Å²) in [6.45, 7) is 6.54. The standard InChI is InChI=1S/C14H19NOS/c1-14(2)16-12-9-11(3-4-13(12)17-14)10-5-7-15-8-6-10/h3-4,9-10,15H,5-8H2,1-2H3. The number of hydrogen-bond acceptors (Lipinski definition) is 3. The summed E-state index contributed by atoms with van der Waals surface area (Å²) >= 11 is 1.81. The SMILES string of the molecule is CC1(C)Oc2cc(C3CCNCC3)ccc2S1. The van der Waals surface area contributed by atoms with Crippen LogP contribution in [-0.2, 0) is 0 Å². The minimum Gasteiger partial charge on any atom is -0.476 e. The molecule has 2 aliphatic heterocycles. The van der Waals surface area contributed by atoms with E-state index in [1.165, 1.54) is 23.3 Å². The predicted molar refractivity (Wildman–Crippen MR) is 71.9 cm³/mol. The number of ether oxygens (including phenoxy) is 1. The Balaban J connectivity index is 1.85. The molecule has 2 nitrogen and oxygen atoms in total. The van der Waals surface area contributed by atoms with Crippen LogP contribution in [0.2, 0.25) is 0 Å². The van der Waals surface area contributed by atoms with Gasteiger partial charge in [0.2, 0.25) is 0 Å². The molecule has 1 saturated heterocycles. The maximum atomic E-state index is 5.97. The van der Waals surface area contributed by atoms with Crippen molar-refractivity contribution in [2.24, 2.45) is 0 Å². The second-order valence-electron chi connectivity index (χ2n) is 5.33. The Labute approximate surface area is 107 Å². The fourth-order valence-electron chi connectivity index (χ4n) is 2.65. The number of fused-ring (bicyclic) bond motifs is 1. The molecule has 0 aliphatic carbocycles. The molecular formula is C14H19NOS. The lowest BCUT2D eigenvalue weighted by Gasteiger charge is -2.23. The van der Waals surface area contributed by atoms with Gasteiger partial charge in [-0.3, -0.25) is 0 Å². The lowest BCUT2D eigenvalue weighted by Crippen LogP contribution is -2.26. The first kappa shape index (κ1) is 11.4. The second-order valence-corrected chi connectivity index (χ2v) is 6.96. The first-order valence-corrected chi connectivity index (χ1v) is 7.18. The minimum absolute atomic E-state index is 0.102. The van der Waals surface area contributed by atoms with E-state index in [1.54, 1.807) is 0 Å². The quantitative estimate of drug-likeness (QED) is 0.824. The third kappa shape index (κ3) is 2.31. The van der Waals surface area contributed by atoms with Crippen LogP contribution in [0, 0.1) is 0 Å². The molecule has 2 aliphatic rings. The lowest BCUT2D eigenvalue weighted by atomic mass is 9.90. The molecule has 0 spiro atoms. The van der Waals surface area contributed by atoms with Gasteiger partial charge in [0.25, 0.3) is 0 Å². The number of thioether (sulfide) groups is 1. The third-order valence-electron chi connectivity index (χ3n) is 3.49. The van der Waals surface area contributed by atoms with Gasteiger partial charge in [-0.15, -0.1) is 0 Å². The molecule has 0 radical (unpaired) electrons. The Morgan fingerprint density at radius 2 is 2.06 bits per heavy atom. The van der Waals surface area contributed by atoms with E-state index in [-0.39, 0.29) is 4.93 Å². The molecule has 0 unspecified atom stereocenters. The smallest absolute Gasteiger partial charge is 0.153 e. The van der Waals surface area contributed by atoms with Crippen molar-refractivity contribution < 1.29 is 4.74 Å². The molecule has 1 fully saturated rings. The minimum atomic E-state index is -0.102. The zero-order valence-corrected chi connectivity index (χ0v) is 11.3. The van der Waals surface area contributed by atoms with Gasteiger partial charge in [-0.1, -0.05) is 17.8 Å². The topological polar surface area (TPSA) is 21.3 Å². The molecule has 3 heteroatoms. The molecule has 1 aromatic rings. The van der Waals surface area contributed by atoms with Gasteiger partial charge in [0.05, 0.1) is 4.90 Å². The second kappa shape index (κ2) is 4.21. The monoisotopic (exact) mass is 249 g/mol. The van der Waals surface area contributed by atoms with Crippen LogP contribution in [0.25, 0.3) is 0 Å². The largest absolute Gasteiger partial charge is 0.476 e. The molecule has 0 aromatic heterocycles. The van der Waals surface area contributed by atoms with Crippen LogP contribution in [0.4, 0.5) is 0 Å². The van der Waals surface area contributed by atoms with Crippen molar-refractivity contribution in [3.05, 3.63) is 23.8 Å². The molecule has 0 atom stereocenters. The highest BCUT2D eigenvalue weighted by Gasteiger charge is 2.31. The molecule has 0 saturated carbocycles. The van der Waals surface area contributed by atoms with Gasteiger partial charge in [-0.05, 0) is 63.4 Å². The van der Waals surface area contributed by atoms with Gasteiger partial charge < -0.3 is 10.1 Å². The van der Waals surface area contributed by atoms with E-state index in [0.29, 0.717) is 5.92 Å². The summed E-state index contributed by atoms with van der Waals surface area (Å²) in [5, 5.41) is 3.41. The number of piperidine rings is 1. The van der Waals surface area contributed by atoms with E-state index in [9.17, 15) is 0 Å². The van der Waals surface area contributed by atoms with Crippen molar-refractivity contribution in [1.82, 2.24) is 5.32 Å². The van der Waals surface area contributed by atoms with E-state index >= 15 is 0 Å². The summed E-state index contributed by atoms with van der Waals surface area (Å²) in [5.41, 5.74) is 1.45. The summed E-state index contributed by atoms with van der Waals surface area (Å²) in [7, 11) is 0. The number of hydrogen-bond donors (Lipinski definition) is 1. The zero-order chi connectivity index (χ0) is 11.9. The Bertz CT molecular complexity index is 424. The molecule has 1 N–H and O–H groups in total. The van der Waals surface area contributed by atoms with Crippen molar-refractivity contribution >= 4 is 11.8 Å². The average Bonchev–Trinajstić information content (AvgIpc) is 2.63. The van der Waals surface area contributed by atoms with Gasteiger partial charge >= 0.3 is 0 Å². The fourth-order valence-corrected chi connectivity index (χ4v) is 3.65. The number of benzene rings is 1. The number of rotatable bonds is 1. The van der Waals surface area contributed by atoms with Crippen LogP contribution in [0.5, 0.6) is 5.75 Å². The molecule has 17 heavy (non-hydrogen) atoms. The van der Waals surface area contributed by atoms with Crippen LogP contribution in [0.15, 0.2) is 23.1 Å².